The number of carbonyl (C=O) groups is 2. The molecule has 9 nitrogen and oxygen atoms in total. The van der Waals surface area contributed by atoms with Crippen LogP contribution in [0.5, 0.6) is 0 Å². The third-order valence-electron chi connectivity index (χ3n) is 4.88. The zero-order valence-corrected chi connectivity index (χ0v) is 16.5. The van der Waals surface area contributed by atoms with Gasteiger partial charge in [-0.2, -0.15) is 21.6 Å². The summed E-state index contributed by atoms with van der Waals surface area (Å²) >= 11 is 0. The summed E-state index contributed by atoms with van der Waals surface area (Å²) in [5.41, 5.74) is -5.52. The van der Waals surface area contributed by atoms with Crippen molar-refractivity contribution in [1.29, 1.82) is 0 Å². The number of nitrogens with zero attached hydrogens (tertiary/aromatic N) is 2. The Morgan fingerprint density at radius 3 is 2.34 bits per heavy atom. The number of likely N-dealkylation sites (tertiary alicyclic amines) is 1. The Morgan fingerprint density at radius 1 is 1.28 bits per heavy atom. The van der Waals surface area contributed by atoms with E-state index in [0.29, 0.717) is 12.8 Å². The van der Waals surface area contributed by atoms with Gasteiger partial charge in [0.25, 0.3) is 0 Å². The van der Waals surface area contributed by atoms with E-state index in [1.165, 1.54) is 11.0 Å². The van der Waals surface area contributed by atoms with Gasteiger partial charge in [-0.1, -0.05) is 0 Å². The fraction of sp³-hybridized carbons (Fsp3) is 0.750. The highest BCUT2D eigenvalue weighted by molar-refractivity contribution is 7.87. The van der Waals surface area contributed by atoms with Crippen molar-refractivity contribution in [1.82, 2.24) is 9.80 Å². The Balaban J connectivity index is 2.09. The maximum absolute atomic E-state index is 12.5. The SMILES string of the molecule is CCOC(=O)C(C1CCN(C(=O)O)CC1)N1CC=C(OS(=O)(=O)C(F)(F)F)CC1. The number of amides is 1. The number of ether oxygens (including phenoxy) is 1. The number of carbonyl (C=O) groups excluding carboxylic acids is 1. The largest absolute Gasteiger partial charge is 0.534 e. The molecule has 0 saturated carbocycles. The highest BCUT2D eigenvalue weighted by atomic mass is 32.2. The Bertz CT molecular complexity index is 746. The molecule has 29 heavy (non-hydrogen) atoms. The van der Waals surface area contributed by atoms with Crippen molar-refractivity contribution < 1.29 is 45.2 Å². The molecule has 2 rings (SSSR count). The van der Waals surface area contributed by atoms with Crippen LogP contribution in [0.1, 0.15) is 26.2 Å². The Morgan fingerprint density at radius 2 is 1.90 bits per heavy atom. The zero-order valence-electron chi connectivity index (χ0n) is 15.7. The van der Waals surface area contributed by atoms with Crippen molar-refractivity contribution >= 4 is 22.2 Å². The summed E-state index contributed by atoms with van der Waals surface area (Å²) in [6.07, 6.45) is 0.901. The van der Waals surface area contributed by atoms with Gasteiger partial charge in [-0.3, -0.25) is 9.69 Å². The molecule has 1 unspecified atom stereocenters. The molecule has 0 spiro atoms. The minimum absolute atomic E-state index is 0.00529. The van der Waals surface area contributed by atoms with Gasteiger partial charge in [0.1, 0.15) is 11.8 Å². The van der Waals surface area contributed by atoms with Gasteiger partial charge < -0.3 is 18.9 Å². The number of esters is 1. The molecule has 1 saturated heterocycles. The lowest BCUT2D eigenvalue weighted by molar-refractivity contribution is -0.152. The summed E-state index contributed by atoms with van der Waals surface area (Å²) in [5, 5.41) is 9.06. The Kier molecular flexibility index (Phi) is 7.38. The number of rotatable bonds is 6. The molecular weight excluding hydrogens is 421 g/mol. The van der Waals surface area contributed by atoms with Crippen molar-refractivity contribution in [3.05, 3.63) is 11.8 Å². The van der Waals surface area contributed by atoms with Crippen molar-refractivity contribution in [2.75, 3.05) is 32.8 Å². The summed E-state index contributed by atoms with van der Waals surface area (Å²) < 4.78 is 68.9. The first-order chi connectivity index (χ1) is 13.5. The predicted octanol–water partition coefficient (Wildman–Crippen LogP) is 1.76. The first kappa shape index (κ1) is 23.3. The second-order valence-corrected chi connectivity index (χ2v) is 8.24. The number of halogens is 3. The minimum Gasteiger partial charge on any atom is -0.465 e. The molecule has 0 aromatic carbocycles. The van der Waals surface area contributed by atoms with E-state index >= 15 is 0 Å². The summed E-state index contributed by atoms with van der Waals surface area (Å²) in [6.45, 7) is 2.42. The van der Waals surface area contributed by atoms with Gasteiger partial charge in [-0.25, -0.2) is 4.79 Å². The molecule has 1 atom stereocenters. The fourth-order valence-corrected chi connectivity index (χ4v) is 3.98. The molecule has 0 aromatic rings. The maximum atomic E-state index is 12.5. The van der Waals surface area contributed by atoms with Crippen molar-refractivity contribution in [3.63, 3.8) is 0 Å². The van der Waals surface area contributed by atoms with Gasteiger partial charge in [-0.05, 0) is 31.8 Å². The van der Waals surface area contributed by atoms with Crippen LogP contribution in [0.4, 0.5) is 18.0 Å². The predicted molar refractivity (Wildman–Crippen MR) is 93.1 cm³/mol. The number of piperidine rings is 1. The number of hydrogen-bond donors (Lipinski definition) is 1. The fourth-order valence-electron chi connectivity index (χ4n) is 3.46. The number of carboxylic acid groups (broad SMARTS) is 1. The Labute approximate surface area is 166 Å². The molecular formula is C16H23F3N2O7S. The van der Waals surface area contributed by atoms with Crippen molar-refractivity contribution in [3.8, 4) is 0 Å². The lowest BCUT2D eigenvalue weighted by Crippen LogP contribution is -2.52. The molecule has 2 heterocycles. The molecule has 1 fully saturated rings. The van der Waals surface area contributed by atoms with Crippen LogP contribution in [0.2, 0.25) is 0 Å². The quantitative estimate of drug-likeness (QED) is 0.375. The summed E-state index contributed by atoms with van der Waals surface area (Å²) in [5.74, 6) is -1.02. The van der Waals surface area contributed by atoms with Crippen LogP contribution in [0, 0.1) is 5.92 Å². The second-order valence-electron chi connectivity index (χ2n) is 6.70. The third kappa shape index (κ3) is 5.75. The van der Waals surface area contributed by atoms with Gasteiger partial charge in [0, 0.05) is 32.6 Å². The minimum atomic E-state index is -5.73. The average Bonchev–Trinajstić information content (AvgIpc) is 2.63. The highest BCUT2D eigenvalue weighted by Crippen LogP contribution is 2.30. The van der Waals surface area contributed by atoms with Gasteiger partial charge in [0.2, 0.25) is 0 Å². The first-order valence-corrected chi connectivity index (χ1v) is 10.5. The molecule has 1 N–H and O–H groups in total. The molecule has 1 amide bonds. The molecule has 0 aromatic heterocycles. The van der Waals surface area contributed by atoms with Gasteiger partial charge in [-0.15, -0.1) is 0 Å². The lowest BCUT2D eigenvalue weighted by Gasteiger charge is -2.40. The molecule has 166 valence electrons. The van der Waals surface area contributed by atoms with Crippen LogP contribution in [0.25, 0.3) is 0 Å². The highest BCUT2D eigenvalue weighted by Gasteiger charge is 2.49. The van der Waals surface area contributed by atoms with E-state index < -0.39 is 33.7 Å². The normalized spacial score (nSPS) is 20.7. The van der Waals surface area contributed by atoms with E-state index in [-0.39, 0.29) is 50.9 Å². The van der Waals surface area contributed by atoms with Gasteiger partial charge in [0.15, 0.2) is 0 Å². The van der Waals surface area contributed by atoms with Gasteiger partial charge >= 0.3 is 27.7 Å². The van der Waals surface area contributed by atoms with Crippen LogP contribution in [-0.4, -0.2) is 79.7 Å². The molecule has 0 aliphatic carbocycles. The molecule has 13 heteroatoms. The van der Waals surface area contributed by atoms with E-state index in [9.17, 15) is 31.2 Å². The van der Waals surface area contributed by atoms with E-state index in [1.807, 2.05) is 0 Å². The standard InChI is InChI=1S/C16H23F3N2O7S/c1-2-27-14(22)13(11-3-7-21(8-4-11)15(23)24)20-9-5-12(6-10-20)28-29(25,26)16(17,18)19/h5,11,13H,2-4,6-10H2,1H3,(H,23,24). The van der Waals surface area contributed by atoms with E-state index in [0.717, 1.165) is 0 Å². The first-order valence-electron chi connectivity index (χ1n) is 9.04. The Hall–Kier alpha value is -2.02. The van der Waals surface area contributed by atoms with E-state index in [2.05, 4.69) is 4.18 Å². The van der Waals surface area contributed by atoms with Crippen LogP contribution in [-0.2, 0) is 23.8 Å². The smallest absolute Gasteiger partial charge is 0.465 e. The third-order valence-corrected chi connectivity index (χ3v) is 5.88. The summed E-state index contributed by atoms with van der Waals surface area (Å²) in [4.78, 5) is 26.5. The van der Waals surface area contributed by atoms with Crippen LogP contribution < -0.4 is 0 Å². The second kappa shape index (κ2) is 9.20. The molecule has 2 aliphatic rings. The van der Waals surface area contributed by atoms with Crippen molar-refractivity contribution in [2.45, 2.75) is 37.7 Å². The van der Waals surface area contributed by atoms with Crippen LogP contribution in [0.15, 0.2) is 11.8 Å². The van der Waals surface area contributed by atoms with E-state index in [1.54, 1.807) is 11.8 Å². The molecule has 0 bridgehead atoms. The monoisotopic (exact) mass is 444 g/mol. The molecule has 2 aliphatic heterocycles. The summed E-state index contributed by atoms with van der Waals surface area (Å²) in [7, 11) is -5.73. The van der Waals surface area contributed by atoms with Gasteiger partial charge in [0.05, 0.1) is 6.61 Å². The van der Waals surface area contributed by atoms with Crippen LogP contribution >= 0.6 is 0 Å². The maximum Gasteiger partial charge on any atom is 0.534 e. The number of hydrogen-bond acceptors (Lipinski definition) is 7. The summed E-state index contributed by atoms with van der Waals surface area (Å²) in [6, 6.07) is -0.706. The topological polar surface area (TPSA) is 113 Å². The van der Waals surface area contributed by atoms with Crippen molar-refractivity contribution in [2.24, 2.45) is 5.92 Å². The van der Waals surface area contributed by atoms with Crippen LogP contribution in [0.3, 0.4) is 0 Å². The lowest BCUT2D eigenvalue weighted by atomic mass is 9.87. The molecule has 0 radical (unpaired) electrons. The zero-order chi connectivity index (χ0) is 21.8. The van der Waals surface area contributed by atoms with E-state index in [4.69, 9.17) is 9.84 Å². The number of alkyl halides is 3. The average molecular weight is 444 g/mol.